The van der Waals surface area contributed by atoms with E-state index in [1.807, 2.05) is 6.92 Å². The molecule has 0 aliphatic carbocycles. The first-order valence-corrected chi connectivity index (χ1v) is 5.24. The number of methoxy groups -OCH3 is 1. The van der Waals surface area contributed by atoms with E-state index in [1.54, 1.807) is 7.11 Å². The molecular weight excluding hydrogens is 227 g/mol. The normalized spacial score (nSPS) is 12.2. The van der Waals surface area contributed by atoms with E-state index in [9.17, 15) is 14.5 Å². The molecule has 0 bridgehead atoms. The number of non-ortho nitro benzene ring substituents is 1. The fourth-order valence-corrected chi connectivity index (χ4v) is 1.37. The van der Waals surface area contributed by atoms with E-state index < -0.39 is 10.7 Å². The third-order valence-corrected chi connectivity index (χ3v) is 2.32. The lowest BCUT2D eigenvalue weighted by Crippen LogP contribution is -2.18. The molecule has 1 aromatic rings. The van der Waals surface area contributed by atoms with Crippen LogP contribution in [-0.4, -0.2) is 24.7 Å². The second-order valence-corrected chi connectivity index (χ2v) is 3.75. The molecule has 94 valence electrons. The quantitative estimate of drug-likeness (QED) is 0.615. The van der Waals surface area contributed by atoms with Gasteiger partial charge in [0.2, 0.25) is 0 Å². The van der Waals surface area contributed by atoms with Crippen molar-refractivity contribution in [2.24, 2.45) is 0 Å². The van der Waals surface area contributed by atoms with Gasteiger partial charge in [-0.2, -0.15) is 0 Å². The first-order chi connectivity index (χ1) is 8.04. The summed E-state index contributed by atoms with van der Waals surface area (Å²) >= 11 is 0. The summed E-state index contributed by atoms with van der Waals surface area (Å²) in [6, 6.07) is 3.40. The lowest BCUT2D eigenvalue weighted by molar-refractivity contribution is -0.384. The number of ether oxygens (including phenoxy) is 1. The Hall–Kier alpha value is -1.69. The van der Waals surface area contributed by atoms with E-state index >= 15 is 0 Å². The number of nitrogens with zero attached hydrogens (tertiary/aromatic N) is 1. The van der Waals surface area contributed by atoms with E-state index in [1.165, 1.54) is 6.07 Å². The highest BCUT2D eigenvalue weighted by Crippen LogP contribution is 2.22. The minimum atomic E-state index is -0.551. The Kier molecular flexibility index (Phi) is 4.84. The number of halogens is 1. The molecule has 1 aromatic carbocycles. The highest BCUT2D eigenvalue weighted by atomic mass is 19.1. The second-order valence-electron chi connectivity index (χ2n) is 3.75. The number of benzene rings is 1. The Balaban J connectivity index is 2.75. The molecule has 0 saturated heterocycles. The molecule has 0 heterocycles. The molecule has 6 heteroatoms. The Bertz CT molecular complexity index is 398. The van der Waals surface area contributed by atoms with Crippen molar-refractivity contribution in [3.63, 3.8) is 0 Å². The van der Waals surface area contributed by atoms with Gasteiger partial charge < -0.3 is 10.1 Å². The van der Waals surface area contributed by atoms with Crippen molar-refractivity contribution in [3.05, 3.63) is 34.1 Å². The van der Waals surface area contributed by atoms with Crippen molar-refractivity contribution in [1.29, 1.82) is 0 Å². The van der Waals surface area contributed by atoms with Gasteiger partial charge in [0.05, 0.1) is 10.6 Å². The second kappa shape index (κ2) is 6.15. The number of nitrogens with one attached hydrogen (secondary N) is 1. The maximum Gasteiger partial charge on any atom is 0.271 e. The summed E-state index contributed by atoms with van der Waals surface area (Å²) in [5.41, 5.74) is 0.00986. The average molecular weight is 242 g/mol. The van der Waals surface area contributed by atoms with Crippen LogP contribution in [0.5, 0.6) is 0 Å². The van der Waals surface area contributed by atoms with Crippen LogP contribution in [0.15, 0.2) is 18.2 Å². The molecule has 17 heavy (non-hydrogen) atoms. The van der Waals surface area contributed by atoms with Crippen LogP contribution in [0.1, 0.15) is 13.3 Å². The third kappa shape index (κ3) is 3.99. The Morgan fingerprint density at radius 1 is 1.59 bits per heavy atom. The molecule has 1 rings (SSSR count). The molecule has 5 nitrogen and oxygen atoms in total. The van der Waals surface area contributed by atoms with Crippen LogP contribution in [0.4, 0.5) is 15.8 Å². The predicted molar refractivity (Wildman–Crippen MR) is 62.6 cm³/mol. The van der Waals surface area contributed by atoms with E-state index in [0.29, 0.717) is 13.0 Å². The van der Waals surface area contributed by atoms with Crippen LogP contribution < -0.4 is 5.32 Å². The summed E-state index contributed by atoms with van der Waals surface area (Å²) in [6.45, 7) is 2.40. The van der Waals surface area contributed by atoms with Crippen LogP contribution in [0.3, 0.4) is 0 Å². The maximum absolute atomic E-state index is 13.4. The molecule has 0 saturated carbocycles. The lowest BCUT2D eigenvalue weighted by Gasteiger charge is -2.15. The third-order valence-electron chi connectivity index (χ3n) is 2.32. The zero-order valence-corrected chi connectivity index (χ0v) is 9.77. The zero-order chi connectivity index (χ0) is 12.8. The van der Waals surface area contributed by atoms with E-state index in [-0.39, 0.29) is 17.4 Å². The van der Waals surface area contributed by atoms with Gasteiger partial charge in [-0.05, 0) is 19.4 Å². The topological polar surface area (TPSA) is 64.4 Å². The van der Waals surface area contributed by atoms with E-state index in [4.69, 9.17) is 4.74 Å². The fourth-order valence-electron chi connectivity index (χ4n) is 1.37. The molecule has 1 unspecified atom stereocenters. The lowest BCUT2D eigenvalue weighted by atomic mass is 10.2. The molecule has 0 aromatic heterocycles. The van der Waals surface area contributed by atoms with Crippen molar-refractivity contribution in [1.82, 2.24) is 0 Å². The summed E-state index contributed by atoms with van der Waals surface area (Å²) in [7, 11) is 1.58. The van der Waals surface area contributed by atoms with Crippen LogP contribution in [0, 0.1) is 15.9 Å². The Labute approximate surface area is 98.7 Å². The Morgan fingerprint density at radius 2 is 2.29 bits per heavy atom. The summed E-state index contributed by atoms with van der Waals surface area (Å²) < 4.78 is 18.3. The van der Waals surface area contributed by atoms with Crippen molar-refractivity contribution in [3.8, 4) is 0 Å². The van der Waals surface area contributed by atoms with Crippen molar-refractivity contribution < 1.29 is 14.1 Å². The number of hydrogen-bond acceptors (Lipinski definition) is 4. The van der Waals surface area contributed by atoms with Crippen LogP contribution in [0.2, 0.25) is 0 Å². The smallest absolute Gasteiger partial charge is 0.271 e. The van der Waals surface area contributed by atoms with Gasteiger partial charge in [-0.3, -0.25) is 10.1 Å². The first kappa shape index (κ1) is 13.4. The first-order valence-electron chi connectivity index (χ1n) is 5.24. The molecule has 0 aliphatic rings. The number of rotatable bonds is 6. The molecule has 0 amide bonds. The van der Waals surface area contributed by atoms with Gasteiger partial charge in [-0.15, -0.1) is 0 Å². The zero-order valence-electron chi connectivity index (χ0n) is 9.77. The van der Waals surface area contributed by atoms with E-state index in [0.717, 1.165) is 12.1 Å². The standard InChI is InChI=1S/C11H15FN2O3/c1-8(5-6-17-2)13-11-7-9(14(15)16)3-4-10(11)12/h3-4,7-8,13H,5-6H2,1-2H3. The molecular formula is C11H15FN2O3. The monoisotopic (exact) mass is 242 g/mol. The number of nitro benzene ring substituents is 1. The largest absolute Gasteiger partial charge is 0.385 e. The van der Waals surface area contributed by atoms with Crippen LogP contribution in [-0.2, 0) is 4.74 Å². The van der Waals surface area contributed by atoms with Crippen LogP contribution in [0.25, 0.3) is 0 Å². The van der Waals surface area contributed by atoms with Gasteiger partial charge in [0, 0.05) is 31.9 Å². The van der Waals surface area contributed by atoms with Gasteiger partial charge in [0.25, 0.3) is 5.69 Å². The van der Waals surface area contributed by atoms with Crippen molar-refractivity contribution in [2.45, 2.75) is 19.4 Å². The van der Waals surface area contributed by atoms with Gasteiger partial charge >= 0.3 is 0 Å². The SMILES string of the molecule is COCCC(C)Nc1cc([N+](=O)[O-])ccc1F. The van der Waals surface area contributed by atoms with E-state index in [2.05, 4.69) is 5.32 Å². The summed E-state index contributed by atoms with van der Waals surface area (Å²) in [5, 5.41) is 13.4. The number of hydrogen-bond donors (Lipinski definition) is 1. The molecule has 1 N–H and O–H groups in total. The highest BCUT2D eigenvalue weighted by Gasteiger charge is 2.12. The van der Waals surface area contributed by atoms with Crippen LogP contribution >= 0.6 is 0 Å². The minimum Gasteiger partial charge on any atom is -0.385 e. The molecule has 0 aliphatic heterocycles. The average Bonchev–Trinajstić information content (AvgIpc) is 2.29. The van der Waals surface area contributed by atoms with Crippen molar-refractivity contribution in [2.75, 3.05) is 19.0 Å². The number of nitro groups is 1. The Morgan fingerprint density at radius 3 is 2.88 bits per heavy atom. The van der Waals surface area contributed by atoms with Gasteiger partial charge in [0.1, 0.15) is 5.82 Å². The molecule has 0 fully saturated rings. The minimum absolute atomic E-state index is 0.0218. The predicted octanol–water partition coefficient (Wildman–Crippen LogP) is 2.57. The summed E-state index contributed by atoms with van der Waals surface area (Å²) in [6.07, 6.45) is 0.693. The van der Waals surface area contributed by atoms with Gasteiger partial charge in [-0.1, -0.05) is 0 Å². The maximum atomic E-state index is 13.4. The highest BCUT2D eigenvalue weighted by molar-refractivity contribution is 5.52. The molecule has 0 radical (unpaired) electrons. The summed E-state index contributed by atoms with van der Waals surface area (Å²) in [4.78, 5) is 10.0. The molecule has 0 spiro atoms. The van der Waals surface area contributed by atoms with Gasteiger partial charge in [-0.25, -0.2) is 4.39 Å². The van der Waals surface area contributed by atoms with Gasteiger partial charge in [0.15, 0.2) is 0 Å². The summed E-state index contributed by atoms with van der Waals surface area (Å²) in [5.74, 6) is -0.500. The van der Waals surface area contributed by atoms with Crippen molar-refractivity contribution >= 4 is 11.4 Å². The molecule has 1 atom stereocenters. The number of anilines is 1. The fraction of sp³-hybridized carbons (Fsp3) is 0.455.